The summed E-state index contributed by atoms with van der Waals surface area (Å²) in [7, 11) is 0. The number of nitrogens with two attached hydrogens (primary N) is 1. The van der Waals surface area contributed by atoms with Crippen LogP contribution in [0.4, 0.5) is 0 Å². The number of hydrogen-bond acceptors (Lipinski definition) is 17. The summed E-state index contributed by atoms with van der Waals surface area (Å²) in [6.45, 7) is 5.72. The van der Waals surface area contributed by atoms with E-state index in [-0.39, 0.29) is 186 Å². The van der Waals surface area contributed by atoms with Crippen LogP contribution in [0.15, 0.2) is 0 Å². The van der Waals surface area contributed by atoms with Crippen LogP contribution in [0.2, 0.25) is 0 Å². The van der Waals surface area contributed by atoms with Crippen LogP contribution < -0.4 is 27.0 Å². The number of hydrogen-bond donors (Lipinski definition) is 9. The fourth-order valence-corrected chi connectivity index (χ4v) is 7.37. The van der Waals surface area contributed by atoms with Gasteiger partial charge in [0.1, 0.15) is 36.6 Å². The summed E-state index contributed by atoms with van der Waals surface area (Å²) in [5.74, 6) is -6.00. The van der Waals surface area contributed by atoms with Crippen molar-refractivity contribution in [3.8, 4) is 0 Å². The molecule has 4 atom stereocenters. The van der Waals surface area contributed by atoms with Gasteiger partial charge in [-0.3, -0.25) is 43.2 Å². The molecule has 0 aromatic carbocycles. The number of carbonyl (C=O) groups excluding carboxylic acids is 7. The van der Waals surface area contributed by atoms with Gasteiger partial charge in [0.2, 0.25) is 23.6 Å². The van der Waals surface area contributed by atoms with Gasteiger partial charge in [-0.1, -0.05) is 80.6 Å². The fourth-order valence-electron chi connectivity index (χ4n) is 6.26. The Hall–Kier alpha value is -4.59. The van der Waals surface area contributed by atoms with E-state index >= 15 is 0 Å². The quantitative estimate of drug-likeness (QED) is 0.0387. The van der Waals surface area contributed by atoms with Gasteiger partial charge in [-0.25, -0.2) is 4.79 Å². The number of carbonyl (C=O) groups is 10. The van der Waals surface area contributed by atoms with Crippen molar-refractivity contribution in [3.05, 3.63) is 0 Å². The summed E-state index contributed by atoms with van der Waals surface area (Å²) in [4.78, 5) is 116. The van der Waals surface area contributed by atoms with Gasteiger partial charge in [0.05, 0.1) is 57.4 Å². The Kier molecular flexibility index (Phi) is 58.3. The lowest BCUT2D eigenvalue weighted by Gasteiger charge is -2.15. The van der Waals surface area contributed by atoms with Crippen LogP contribution in [0.5, 0.6) is 0 Å². The van der Waals surface area contributed by atoms with Crippen LogP contribution in [0.1, 0.15) is 159 Å². The van der Waals surface area contributed by atoms with Crippen molar-refractivity contribution in [3.63, 3.8) is 0 Å². The Labute approximate surface area is 456 Å². The number of nitrogens with one attached hydrogen (secondary N) is 4. The minimum Gasteiger partial charge on any atom is -0.481 e. The number of rotatable bonds is 49. The van der Waals surface area contributed by atoms with Crippen molar-refractivity contribution in [2.75, 3.05) is 90.6 Å². The molecule has 0 aliphatic carbocycles. The Morgan fingerprint density at radius 2 is 1.03 bits per heavy atom. The third-order valence-electron chi connectivity index (χ3n) is 10.8. The standard InChI is InChI=1S/C45H78N4O17S.C4H9NO.3CH4/c1-2-34(38(52)28-35(29-50)44(59)60)32-67-33-42(56)47-20-19-46-40(54)30-66-27-25-64-23-21-48-41(55)31-65-26-24-63-22-13-14-36(51)17-18-37(45(61)62)49-39(53)15-11-9-7-5-3-4-6-8-10-12-16-43(57)58;1-3(5)4(2)6;;;/h34-35,37,50H,2-33H2,1H3,(H,46,54)(H,47,56)(H,48,55)(H,49,53)(H,57,58)(H,59,60)(H,61,62);3H,5H2,1-2H3;3*1H4/t34-,35-,37-;3-;;;/m00.../s1. The van der Waals surface area contributed by atoms with Crippen molar-refractivity contribution in [1.82, 2.24) is 21.3 Å². The molecule has 0 aromatic heterocycles. The lowest BCUT2D eigenvalue weighted by Crippen LogP contribution is -2.41. The van der Waals surface area contributed by atoms with Gasteiger partial charge >= 0.3 is 17.9 Å². The minimum absolute atomic E-state index is 0. The van der Waals surface area contributed by atoms with Gasteiger partial charge in [0.25, 0.3) is 0 Å². The zero-order valence-corrected chi connectivity index (χ0v) is 44.2. The predicted molar refractivity (Wildman–Crippen MR) is 292 cm³/mol. The number of Topliss-reactive ketones (excluding diaryl/α,β-unsaturated/α-hetero) is 3. The molecule has 24 heteroatoms. The maximum Gasteiger partial charge on any atom is 0.326 e. The maximum absolute atomic E-state index is 12.3. The first-order valence-electron chi connectivity index (χ1n) is 25.4. The van der Waals surface area contributed by atoms with Gasteiger partial charge < -0.3 is 66.4 Å². The van der Waals surface area contributed by atoms with Gasteiger partial charge in [-0.2, -0.15) is 11.8 Å². The van der Waals surface area contributed by atoms with Crippen LogP contribution in [0, 0.1) is 11.8 Å². The molecule has 4 amide bonds. The molecule has 0 unspecified atom stereocenters. The highest BCUT2D eigenvalue weighted by Crippen LogP contribution is 2.18. The van der Waals surface area contributed by atoms with Crippen LogP contribution in [-0.4, -0.2) is 182 Å². The number of amides is 4. The maximum atomic E-state index is 12.3. The highest BCUT2D eigenvalue weighted by Gasteiger charge is 2.25. The molecule has 0 fully saturated rings. The number of carboxylic acids is 3. The van der Waals surface area contributed by atoms with Crippen molar-refractivity contribution in [1.29, 1.82) is 0 Å². The molecular weight excluding hydrogens is 1010 g/mol. The smallest absolute Gasteiger partial charge is 0.326 e. The number of unbranched alkanes of at least 4 members (excludes halogenated alkanes) is 9. The summed E-state index contributed by atoms with van der Waals surface area (Å²) in [6, 6.07) is -1.42. The first kappa shape index (κ1) is 80.3. The molecule has 10 N–H and O–H groups in total. The SMILES string of the molecule is C.C.C.CC(=O)[C@H](C)N.CC[C@@H](CSCC(=O)NCCNC(=O)COCCOCCNC(=O)COCCOCCCC(=O)CC[C@H](NC(=O)CCCCCCCCCCCCC(=O)O)C(=O)O)C(=O)C[C@@H](CO)C(=O)O. The van der Waals surface area contributed by atoms with Gasteiger partial charge in [0, 0.05) is 70.0 Å². The number of ketones is 3. The van der Waals surface area contributed by atoms with E-state index in [1.807, 2.05) is 0 Å². The van der Waals surface area contributed by atoms with E-state index in [4.69, 9.17) is 40.0 Å². The normalized spacial score (nSPS) is 12.0. The number of carboxylic acid groups (broad SMARTS) is 3. The van der Waals surface area contributed by atoms with Crippen molar-refractivity contribution >= 4 is 70.6 Å². The molecule has 76 heavy (non-hydrogen) atoms. The van der Waals surface area contributed by atoms with E-state index in [9.17, 15) is 53.1 Å². The summed E-state index contributed by atoms with van der Waals surface area (Å²) in [5.41, 5.74) is 5.09. The number of ether oxygens (including phenoxy) is 4. The van der Waals surface area contributed by atoms with Gasteiger partial charge in [-0.05, 0) is 46.0 Å². The highest BCUT2D eigenvalue weighted by molar-refractivity contribution is 7.99. The summed E-state index contributed by atoms with van der Waals surface area (Å²) < 4.78 is 21.4. The molecule has 0 bridgehead atoms. The Morgan fingerprint density at radius 1 is 0.553 bits per heavy atom. The van der Waals surface area contributed by atoms with Crippen LogP contribution in [0.3, 0.4) is 0 Å². The molecule has 0 spiro atoms. The molecular formula is C52H99N5O18S. The van der Waals surface area contributed by atoms with Crippen LogP contribution >= 0.6 is 11.8 Å². The topological polar surface area (TPSA) is 363 Å². The third kappa shape index (κ3) is 52.8. The van der Waals surface area contributed by atoms with Crippen molar-refractivity contribution < 1.29 is 87.3 Å². The minimum atomic E-state index is -1.23. The number of aliphatic carboxylic acids is 3. The van der Waals surface area contributed by atoms with E-state index in [1.165, 1.54) is 18.7 Å². The average Bonchev–Trinajstić information content (AvgIpc) is 3.33. The summed E-state index contributed by atoms with van der Waals surface area (Å²) in [6.07, 6.45) is 10.9. The first-order chi connectivity index (χ1) is 34.8. The largest absolute Gasteiger partial charge is 0.481 e. The zero-order valence-electron chi connectivity index (χ0n) is 43.4. The fraction of sp³-hybridized carbons (Fsp3) is 0.808. The third-order valence-corrected chi connectivity index (χ3v) is 11.9. The molecule has 23 nitrogen and oxygen atoms in total. The van der Waals surface area contributed by atoms with Crippen molar-refractivity contribution in [2.45, 2.75) is 171 Å². The van der Waals surface area contributed by atoms with E-state index in [0.717, 1.165) is 57.8 Å². The first-order valence-corrected chi connectivity index (χ1v) is 26.6. The molecule has 0 aromatic rings. The van der Waals surface area contributed by atoms with E-state index in [2.05, 4.69) is 21.3 Å². The lowest BCUT2D eigenvalue weighted by atomic mass is 9.94. The molecule has 0 saturated heterocycles. The second-order valence-electron chi connectivity index (χ2n) is 17.4. The predicted octanol–water partition coefficient (Wildman–Crippen LogP) is 4.11. The molecule has 0 aliphatic heterocycles. The van der Waals surface area contributed by atoms with Crippen LogP contribution in [0.25, 0.3) is 0 Å². The Balaban J connectivity index is -0.00000175. The molecule has 446 valence electrons. The van der Waals surface area contributed by atoms with Crippen LogP contribution in [-0.2, 0) is 66.9 Å². The van der Waals surface area contributed by atoms with E-state index < -0.39 is 42.4 Å². The molecule has 0 heterocycles. The van der Waals surface area contributed by atoms with E-state index in [0.29, 0.717) is 25.0 Å². The lowest BCUT2D eigenvalue weighted by molar-refractivity contribution is -0.145. The number of thioether (sulfide) groups is 1. The van der Waals surface area contributed by atoms with E-state index in [1.54, 1.807) is 13.8 Å². The second kappa shape index (κ2) is 55.2. The average molecular weight is 1110 g/mol. The Morgan fingerprint density at radius 3 is 1.50 bits per heavy atom. The zero-order chi connectivity index (χ0) is 55.1. The monoisotopic (exact) mass is 1110 g/mol. The van der Waals surface area contributed by atoms with Gasteiger partial charge in [0.15, 0.2) is 0 Å². The second-order valence-corrected chi connectivity index (χ2v) is 18.4. The molecule has 0 rings (SSSR count). The summed E-state index contributed by atoms with van der Waals surface area (Å²) in [5, 5.41) is 46.8. The highest BCUT2D eigenvalue weighted by atomic mass is 32.2. The van der Waals surface area contributed by atoms with Crippen molar-refractivity contribution in [2.24, 2.45) is 17.6 Å². The molecule has 0 saturated carbocycles. The number of aliphatic hydroxyl groups is 1. The summed E-state index contributed by atoms with van der Waals surface area (Å²) >= 11 is 1.24. The molecule has 0 radical (unpaired) electrons. The number of aliphatic hydroxyl groups excluding tert-OH is 1. The van der Waals surface area contributed by atoms with Gasteiger partial charge in [-0.15, -0.1) is 0 Å². The molecule has 0 aliphatic rings. The Bertz CT molecular complexity index is 1590.